The molecule has 0 heterocycles. The monoisotopic (exact) mass is 335 g/mol. The third-order valence-corrected chi connectivity index (χ3v) is 3.07. The van der Waals surface area contributed by atoms with E-state index in [1.54, 1.807) is 43.4 Å². The normalized spacial score (nSPS) is 11.5. The lowest BCUT2D eigenvalue weighted by molar-refractivity contribution is -0.137. The summed E-state index contributed by atoms with van der Waals surface area (Å²) >= 11 is 0. The van der Waals surface area contributed by atoms with Gasteiger partial charge in [-0.15, -0.1) is 0 Å². The van der Waals surface area contributed by atoms with Gasteiger partial charge >= 0.3 is 6.18 Å². The van der Waals surface area contributed by atoms with E-state index in [-0.39, 0.29) is 22.8 Å². The van der Waals surface area contributed by atoms with Crippen molar-refractivity contribution in [2.24, 2.45) is 0 Å². The summed E-state index contributed by atoms with van der Waals surface area (Å²) in [5.74, 6) is -0.0850. The zero-order valence-electron chi connectivity index (χ0n) is 13.2. The fraction of sp³-hybridized carbons (Fsp3) is 0.167. The minimum atomic E-state index is -4.46. The highest BCUT2D eigenvalue weighted by Crippen LogP contribution is 2.33. The molecule has 2 rings (SSSR count). The molecule has 0 saturated heterocycles. The van der Waals surface area contributed by atoms with Crippen LogP contribution in [0.5, 0.6) is 11.5 Å². The molecule has 6 heteroatoms. The van der Waals surface area contributed by atoms with E-state index in [2.05, 4.69) is 0 Å². The van der Waals surface area contributed by atoms with Crippen molar-refractivity contribution >= 4 is 5.78 Å². The van der Waals surface area contributed by atoms with Gasteiger partial charge in [-0.05, 0) is 30.3 Å². The van der Waals surface area contributed by atoms with Gasteiger partial charge in [0.2, 0.25) is 0 Å². The van der Waals surface area contributed by atoms with Gasteiger partial charge < -0.3 is 9.64 Å². The number of halogens is 3. The molecule has 0 spiro atoms. The van der Waals surface area contributed by atoms with Gasteiger partial charge in [0.1, 0.15) is 11.5 Å². The summed E-state index contributed by atoms with van der Waals surface area (Å²) in [5.41, 5.74) is -0.538. The number of alkyl halides is 3. The van der Waals surface area contributed by atoms with Crippen molar-refractivity contribution in [3.8, 4) is 11.5 Å². The number of ether oxygens (including phenoxy) is 1. The van der Waals surface area contributed by atoms with Crippen LogP contribution in [-0.4, -0.2) is 24.8 Å². The molecule has 0 aliphatic carbocycles. The van der Waals surface area contributed by atoms with Crippen LogP contribution < -0.4 is 4.74 Å². The standard InChI is InChI=1S/C18H16F3NO2/c1-22(2)11-10-16(23)15-8-3-4-9-17(15)24-14-7-5-6-13(12-14)18(19,20)21/h3-12H,1-2H3/b11-10+. The van der Waals surface area contributed by atoms with Crippen LogP contribution in [0, 0.1) is 0 Å². The molecule has 126 valence electrons. The Bertz CT molecular complexity index is 752. The van der Waals surface area contributed by atoms with Gasteiger partial charge in [-0.25, -0.2) is 0 Å². The fourth-order valence-corrected chi connectivity index (χ4v) is 1.93. The number of benzene rings is 2. The number of ketones is 1. The number of para-hydroxylation sites is 1. The Balaban J connectivity index is 2.30. The average molecular weight is 335 g/mol. The Morgan fingerprint density at radius 3 is 2.46 bits per heavy atom. The lowest BCUT2D eigenvalue weighted by atomic mass is 10.1. The summed E-state index contributed by atoms with van der Waals surface area (Å²) in [6, 6.07) is 10.9. The predicted molar refractivity (Wildman–Crippen MR) is 85.1 cm³/mol. The Kier molecular flexibility index (Phi) is 5.28. The van der Waals surface area contributed by atoms with Gasteiger partial charge in [-0.3, -0.25) is 4.79 Å². The lowest BCUT2D eigenvalue weighted by Crippen LogP contribution is -2.05. The Hall–Kier alpha value is -2.76. The predicted octanol–water partition coefficient (Wildman–Crippen LogP) is 4.76. The van der Waals surface area contributed by atoms with E-state index in [1.165, 1.54) is 24.3 Å². The van der Waals surface area contributed by atoms with E-state index >= 15 is 0 Å². The number of nitrogens with zero attached hydrogens (tertiary/aromatic N) is 1. The lowest BCUT2D eigenvalue weighted by Gasteiger charge is -2.12. The smallest absolute Gasteiger partial charge is 0.416 e. The van der Waals surface area contributed by atoms with Gasteiger partial charge in [0.25, 0.3) is 0 Å². The van der Waals surface area contributed by atoms with Crippen LogP contribution >= 0.6 is 0 Å². The molecule has 0 aliphatic rings. The Morgan fingerprint density at radius 1 is 1.08 bits per heavy atom. The molecule has 3 nitrogen and oxygen atoms in total. The van der Waals surface area contributed by atoms with Crippen molar-refractivity contribution in [1.82, 2.24) is 4.90 Å². The molecule has 0 unspecified atom stereocenters. The molecule has 2 aromatic carbocycles. The van der Waals surface area contributed by atoms with Crippen LogP contribution in [0.3, 0.4) is 0 Å². The maximum Gasteiger partial charge on any atom is 0.416 e. The van der Waals surface area contributed by atoms with Gasteiger partial charge in [-0.1, -0.05) is 18.2 Å². The molecule has 0 fully saturated rings. The van der Waals surface area contributed by atoms with E-state index in [4.69, 9.17) is 4.74 Å². The third-order valence-electron chi connectivity index (χ3n) is 3.07. The number of rotatable bonds is 5. The summed E-state index contributed by atoms with van der Waals surface area (Å²) in [6.07, 6.45) is -1.50. The summed E-state index contributed by atoms with van der Waals surface area (Å²) in [5, 5.41) is 0. The molecule has 24 heavy (non-hydrogen) atoms. The second-order valence-electron chi connectivity index (χ2n) is 5.27. The van der Waals surface area contributed by atoms with Crippen molar-refractivity contribution in [1.29, 1.82) is 0 Å². The largest absolute Gasteiger partial charge is 0.457 e. The quantitative estimate of drug-likeness (QED) is 0.583. The third kappa shape index (κ3) is 4.62. The molecule has 0 N–H and O–H groups in total. The number of allylic oxidation sites excluding steroid dienone is 1. The zero-order chi connectivity index (χ0) is 17.7. The maximum absolute atomic E-state index is 12.8. The first-order valence-electron chi connectivity index (χ1n) is 7.10. The van der Waals surface area contributed by atoms with Crippen molar-refractivity contribution in [3.63, 3.8) is 0 Å². The molecule has 0 amide bonds. The molecular weight excluding hydrogens is 319 g/mol. The summed E-state index contributed by atoms with van der Waals surface area (Å²) in [6.45, 7) is 0. The van der Waals surface area contributed by atoms with Crippen LogP contribution in [0.25, 0.3) is 0 Å². The molecule has 2 aromatic rings. The van der Waals surface area contributed by atoms with E-state index < -0.39 is 11.7 Å². The molecule has 0 bridgehead atoms. The average Bonchev–Trinajstić information content (AvgIpc) is 2.52. The molecular formula is C18H16F3NO2. The maximum atomic E-state index is 12.8. The van der Waals surface area contributed by atoms with E-state index in [0.29, 0.717) is 0 Å². The van der Waals surface area contributed by atoms with E-state index in [9.17, 15) is 18.0 Å². The Morgan fingerprint density at radius 2 is 1.79 bits per heavy atom. The summed E-state index contributed by atoms with van der Waals surface area (Å²) in [7, 11) is 3.55. The van der Waals surface area contributed by atoms with Crippen LogP contribution in [0.4, 0.5) is 13.2 Å². The van der Waals surface area contributed by atoms with Crippen molar-refractivity contribution < 1.29 is 22.7 Å². The number of carbonyl (C=O) groups excluding carboxylic acids is 1. The first-order valence-corrected chi connectivity index (χ1v) is 7.10. The first-order chi connectivity index (χ1) is 11.3. The van der Waals surface area contributed by atoms with Crippen LogP contribution in [-0.2, 0) is 6.18 Å². The molecule has 0 aliphatic heterocycles. The minimum Gasteiger partial charge on any atom is -0.457 e. The Labute approximate surface area is 138 Å². The number of hydrogen-bond donors (Lipinski definition) is 0. The molecule has 0 radical (unpaired) electrons. The summed E-state index contributed by atoms with van der Waals surface area (Å²) < 4.78 is 43.8. The molecule has 0 atom stereocenters. The van der Waals surface area contributed by atoms with Gasteiger partial charge in [0, 0.05) is 26.4 Å². The van der Waals surface area contributed by atoms with Crippen molar-refractivity contribution in [2.75, 3.05) is 14.1 Å². The van der Waals surface area contributed by atoms with Gasteiger partial charge in [-0.2, -0.15) is 13.2 Å². The zero-order valence-corrected chi connectivity index (χ0v) is 13.2. The highest BCUT2D eigenvalue weighted by Gasteiger charge is 2.30. The van der Waals surface area contributed by atoms with E-state index in [0.717, 1.165) is 12.1 Å². The van der Waals surface area contributed by atoms with Crippen LogP contribution in [0.1, 0.15) is 15.9 Å². The van der Waals surface area contributed by atoms with Gasteiger partial charge in [0.05, 0.1) is 11.1 Å². The first kappa shape index (κ1) is 17.6. The summed E-state index contributed by atoms with van der Waals surface area (Å²) in [4.78, 5) is 13.9. The van der Waals surface area contributed by atoms with Crippen molar-refractivity contribution in [3.05, 3.63) is 71.9 Å². The highest BCUT2D eigenvalue weighted by atomic mass is 19.4. The second-order valence-corrected chi connectivity index (χ2v) is 5.27. The fourth-order valence-electron chi connectivity index (χ4n) is 1.93. The highest BCUT2D eigenvalue weighted by molar-refractivity contribution is 6.06. The second kappa shape index (κ2) is 7.21. The van der Waals surface area contributed by atoms with E-state index in [1.807, 2.05) is 0 Å². The topological polar surface area (TPSA) is 29.5 Å². The van der Waals surface area contributed by atoms with Gasteiger partial charge in [0.15, 0.2) is 5.78 Å². The van der Waals surface area contributed by atoms with Crippen molar-refractivity contribution in [2.45, 2.75) is 6.18 Å². The molecule has 0 saturated carbocycles. The molecule has 0 aromatic heterocycles. The number of carbonyl (C=O) groups is 1. The minimum absolute atomic E-state index is 0.0154. The SMILES string of the molecule is CN(C)/C=C/C(=O)c1ccccc1Oc1cccc(C(F)(F)F)c1. The van der Waals surface area contributed by atoms with Crippen LogP contribution in [0.15, 0.2) is 60.8 Å². The number of hydrogen-bond acceptors (Lipinski definition) is 3. The van der Waals surface area contributed by atoms with Crippen LogP contribution in [0.2, 0.25) is 0 Å².